The normalized spacial score (nSPS) is 13.3. The third-order valence-corrected chi connectivity index (χ3v) is 3.18. The van der Waals surface area contributed by atoms with Crippen molar-refractivity contribution in [2.45, 2.75) is 64.3 Å². The molecule has 0 N–H and O–H groups in total. The molecule has 92 valence electrons. The Morgan fingerprint density at radius 3 is 2.69 bits per heavy atom. The lowest BCUT2D eigenvalue weighted by Gasteiger charge is -2.06. The summed E-state index contributed by atoms with van der Waals surface area (Å²) in [7, 11) is 0. The molecule has 0 saturated carbocycles. The third kappa shape index (κ3) is 4.56. The van der Waals surface area contributed by atoms with Gasteiger partial charge >= 0.3 is 0 Å². The van der Waals surface area contributed by atoms with Gasteiger partial charge in [-0.05, 0) is 45.6 Å². The lowest BCUT2D eigenvalue weighted by molar-refractivity contribution is 0.523. The van der Waals surface area contributed by atoms with E-state index in [-0.39, 0.29) is 0 Å². The molecular weight excluding hydrogens is 220 g/mol. The fourth-order valence-corrected chi connectivity index (χ4v) is 2.13. The average Bonchev–Trinajstić information content (AvgIpc) is 2.67. The number of hydrogen-bond donors (Lipinski definition) is 0. The molecule has 0 aromatic carbocycles. The Hall–Kier alpha value is -0.500. The van der Waals surface area contributed by atoms with Crippen LogP contribution in [0.1, 0.15) is 58.2 Å². The first kappa shape index (κ1) is 13.6. The standard InChI is InChI=1S/C13H23ClN2/c1-4-6-12(14)7-5-8-13-9-10-16(15-13)11(2)3/h9-12H,4-8H2,1-3H3. The number of aryl methyl sites for hydroxylation is 1. The second-order valence-electron chi connectivity index (χ2n) is 4.66. The van der Waals surface area contributed by atoms with Crippen LogP contribution in [-0.2, 0) is 6.42 Å². The van der Waals surface area contributed by atoms with Crippen molar-refractivity contribution in [3.05, 3.63) is 18.0 Å². The molecule has 1 aromatic heterocycles. The number of halogens is 1. The van der Waals surface area contributed by atoms with E-state index in [2.05, 4.69) is 38.1 Å². The molecule has 0 saturated heterocycles. The smallest absolute Gasteiger partial charge is 0.0624 e. The molecule has 1 unspecified atom stereocenters. The van der Waals surface area contributed by atoms with E-state index in [0.717, 1.165) is 25.7 Å². The van der Waals surface area contributed by atoms with Crippen LogP contribution in [0, 0.1) is 0 Å². The summed E-state index contributed by atoms with van der Waals surface area (Å²) < 4.78 is 2.01. The summed E-state index contributed by atoms with van der Waals surface area (Å²) in [5.74, 6) is 0. The summed E-state index contributed by atoms with van der Waals surface area (Å²) in [6, 6.07) is 2.57. The zero-order valence-electron chi connectivity index (χ0n) is 10.6. The van der Waals surface area contributed by atoms with Crippen molar-refractivity contribution in [1.82, 2.24) is 9.78 Å². The minimum absolute atomic E-state index is 0.345. The van der Waals surface area contributed by atoms with Crippen LogP contribution < -0.4 is 0 Å². The van der Waals surface area contributed by atoms with Crippen LogP contribution in [0.15, 0.2) is 12.3 Å². The van der Waals surface area contributed by atoms with Gasteiger partial charge in [0, 0.05) is 17.6 Å². The first-order valence-corrected chi connectivity index (χ1v) is 6.75. The van der Waals surface area contributed by atoms with E-state index in [4.69, 9.17) is 11.6 Å². The van der Waals surface area contributed by atoms with E-state index in [1.54, 1.807) is 0 Å². The Labute approximate surface area is 104 Å². The monoisotopic (exact) mass is 242 g/mol. The molecule has 1 heterocycles. The molecule has 0 aliphatic rings. The first-order valence-electron chi connectivity index (χ1n) is 6.31. The lowest BCUT2D eigenvalue weighted by Crippen LogP contribution is -2.02. The Balaban J connectivity index is 2.26. The van der Waals surface area contributed by atoms with Gasteiger partial charge in [0.2, 0.25) is 0 Å². The highest BCUT2D eigenvalue weighted by atomic mass is 35.5. The number of aromatic nitrogens is 2. The lowest BCUT2D eigenvalue weighted by atomic mass is 10.1. The van der Waals surface area contributed by atoms with Crippen LogP contribution in [0.5, 0.6) is 0 Å². The molecular formula is C13H23ClN2. The summed E-state index contributed by atoms with van der Waals surface area (Å²) in [5, 5.41) is 4.87. The highest BCUT2D eigenvalue weighted by Gasteiger charge is 2.05. The molecule has 0 amide bonds. The van der Waals surface area contributed by atoms with E-state index in [9.17, 15) is 0 Å². The Morgan fingerprint density at radius 1 is 1.38 bits per heavy atom. The van der Waals surface area contributed by atoms with Crippen molar-refractivity contribution in [1.29, 1.82) is 0 Å². The number of rotatable bonds is 7. The van der Waals surface area contributed by atoms with Crippen LogP contribution in [0.4, 0.5) is 0 Å². The fourth-order valence-electron chi connectivity index (χ4n) is 1.76. The average molecular weight is 243 g/mol. The molecule has 1 aromatic rings. The highest BCUT2D eigenvalue weighted by Crippen LogP contribution is 2.14. The summed E-state index contributed by atoms with van der Waals surface area (Å²) in [6.07, 6.45) is 7.65. The van der Waals surface area contributed by atoms with Gasteiger partial charge in [-0.15, -0.1) is 11.6 Å². The van der Waals surface area contributed by atoms with Gasteiger partial charge in [0.15, 0.2) is 0 Å². The minimum atomic E-state index is 0.345. The maximum absolute atomic E-state index is 6.18. The quantitative estimate of drug-likeness (QED) is 0.656. The van der Waals surface area contributed by atoms with Crippen molar-refractivity contribution < 1.29 is 0 Å². The number of nitrogens with zero attached hydrogens (tertiary/aromatic N) is 2. The predicted octanol–water partition coefficient (Wildman–Crippen LogP) is 4.19. The van der Waals surface area contributed by atoms with Gasteiger partial charge in [-0.1, -0.05) is 13.3 Å². The van der Waals surface area contributed by atoms with E-state index in [1.807, 2.05) is 4.68 Å². The Morgan fingerprint density at radius 2 is 2.12 bits per heavy atom. The van der Waals surface area contributed by atoms with E-state index >= 15 is 0 Å². The second-order valence-corrected chi connectivity index (χ2v) is 5.28. The van der Waals surface area contributed by atoms with Crippen molar-refractivity contribution in [3.63, 3.8) is 0 Å². The second kappa shape index (κ2) is 6.95. The van der Waals surface area contributed by atoms with Gasteiger partial charge in [-0.2, -0.15) is 5.10 Å². The van der Waals surface area contributed by atoms with E-state index < -0.39 is 0 Å². The highest BCUT2D eigenvalue weighted by molar-refractivity contribution is 6.20. The summed E-state index contributed by atoms with van der Waals surface area (Å²) in [5.41, 5.74) is 1.19. The molecule has 0 aliphatic heterocycles. The molecule has 16 heavy (non-hydrogen) atoms. The summed E-state index contributed by atoms with van der Waals surface area (Å²) >= 11 is 6.18. The molecule has 0 aliphatic carbocycles. The fraction of sp³-hybridized carbons (Fsp3) is 0.769. The van der Waals surface area contributed by atoms with Crippen LogP contribution in [0.3, 0.4) is 0 Å². The van der Waals surface area contributed by atoms with Crippen LogP contribution in [0.25, 0.3) is 0 Å². The maximum atomic E-state index is 6.18. The van der Waals surface area contributed by atoms with Gasteiger partial charge in [0.25, 0.3) is 0 Å². The Bertz CT molecular complexity index is 294. The van der Waals surface area contributed by atoms with Gasteiger partial charge in [0.1, 0.15) is 0 Å². The molecule has 1 rings (SSSR count). The SMILES string of the molecule is CCCC(Cl)CCCc1ccn(C(C)C)n1. The minimum Gasteiger partial charge on any atom is -0.270 e. The molecule has 3 heteroatoms. The van der Waals surface area contributed by atoms with Crippen molar-refractivity contribution in [3.8, 4) is 0 Å². The van der Waals surface area contributed by atoms with Gasteiger partial charge in [-0.25, -0.2) is 0 Å². The number of hydrogen-bond acceptors (Lipinski definition) is 1. The van der Waals surface area contributed by atoms with Gasteiger partial charge in [0.05, 0.1) is 5.69 Å². The van der Waals surface area contributed by atoms with E-state index in [0.29, 0.717) is 11.4 Å². The predicted molar refractivity (Wildman–Crippen MR) is 70.1 cm³/mol. The molecule has 0 spiro atoms. The van der Waals surface area contributed by atoms with Gasteiger partial charge in [-0.3, -0.25) is 4.68 Å². The molecule has 0 fully saturated rings. The van der Waals surface area contributed by atoms with Crippen molar-refractivity contribution in [2.75, 3.05) is 0 Å². The largest absolute Gasteiger partial charge is 0.270 e. The third-order valence-electron chi connectivity index (χ3n) is 2.74. The van der Waals surface area contributed by atoms with Crippen LogP contribution in [-0.4, -0.2) is 15.2 Å². The van der Waals surface area contributed by atoms with Crippen LogP contribution >= 0.6 is 11.6 Å². The van der Waals surface area contributed by atoms with Crippen molar-refractivity contribution in [2.24, 2.45) is 0 Å². The molecule has 0 bridgehead atoms. The summed E-state index contributed by atoms with van der Waals surface area (Å²) in [4.78, 5) is 0. The number of alkyl halides is 1. The maximum Gasteiger partial charge on any atom is 0.0624 e. The van der Waals surface area contributed by atoms with Gasteiger partial charge < -0.3 is 0 Å². The first-order chi connectivity index (χ1) is 7.63. The van der Waals surface area contributed by atoms with Crippen LogP contribution in [0.2, 0.25) is 0 Å². The topological polar surface area (TPSA) is 17.8 Å². The van der Waals surface area contributed by atoms with E-state index in [1.165, 1.54) is 12.1 Å². The Kier molecular flexibility index (Phi) is 5.89. The summed E-state index contributed by atoms with van der Waals surface area (Å²) in [6.45, 7) is 6.47. The molecule has 1 atom stereocenters. The van der Waals surface area contributed by atoms with Crippen molar-refractivity contribution >= 4 is 11.6 Å². The zero-order chi connectivity index (χ0) is 12.0. The molecule has 2 nitrogen and oxygen atoms in total. The zero-order valence-corrected chi connectivity index (χ0v) is 11.4. The molecule has 0 radical (unpaired) electrons.